The number of nitrogen functional groups attached to an aromatic ring is 1. The topological polar surface area (TPSA) is 55.6 Å². The highest BCUT2D eigenvalue weighted by Crippen LogP contribution is 2.10. The average Bonchev–Trinajstić information content (AvgIpc) is 2.45. The van der Waals surface area contributed by atoms with Gasteiger partial charge in [-0.15, -0.1) is 0 Å². The van der Waals surface area contributed by atoms with Crippen LogP contribution in [0.1, 0.15) is 38.7 Å². The van der Waals surface area contributed by atoms with E-state index in [9.17, 15) is 4.79 Å². The summed E-state index contributed by atoms with van der Waals surface area (Å²) in [5.74, 6) is 0.198. The monoisotopic (exact) mass is 278 g/mol. The van der Waals surface area contributed by atoms with E-state index in [1.807, 2.05) is 36.1 Å². The summed E-state index contributed by atoms with van der Waals surface area (Å²) in [4.78, 5) is 14.1. The smallest absolute Gasteiger partial charge is 0.222 e. The van der Waals surface area contributed by atoms with Crippen molar-refractivity contribution in [2.24, 2.45) is 0 Å². The van der Waals surface area contributed by atoms with Crippen LogP contribution in [0.15, 0.2) is 24.3 Å². The van der Waals surface area contributed by atoms with Gasteiger partial charge in [-0.05, 0) is 37.5 Å². The van der Waals surface area contributed by atoms with Crippen LogP contribution in [0.4, 0.5) is 5.69 Å². The maximum Gasteiger partial charge on any atom is 0.222 e. The third kappa shape index (κ3) is 6.06. The Labute approximate surface area is 121 Å². The van der Waals surface area contributed by atoms with E-state index in [1.165, 1.54) is 0 Å². The van der Waals surface area contributed by atoms with Crippen LogP contribution in [0.2, 0.25) is 0 Å². The first-order chi connectivity index (χ1) is 9.67. The fourth-order valence-corrected chi connectivity index (χ4v) is 2.03. The third-order valence-corrected chi connectivity index (χ3v) is 3.08. The highest BCUT2D eigenvalue weighted by atomic mass is 16.5. The van der Waals surface area contributed by atoms with Gasteiger partial charge < -0.3 is 15.4 Å². The molecule has 112 valence electrons. The van der Waals surface area contributed by atoms with E-state index >= 15 is 0 Å². The first-order valence-corrected chi connectivity index (χ1v) is 7.37. The molecular formula is C16H26N2O2. The van der Waals surface area contributed by atoms with E-state index in [4.69, 9.17) is 10.5 Å². The quantitative estimate of drug-likeness (QED) is 0.558. The van der Waals surface area contributed by atoms with E-state index in [1.54, 1.807) is 0 Å². The van der Waals surface area contributed by atoms with Crippen molar-refractivity contribution < 1.29 is 9.53 Å². The number of hydrogen-bond donors (Lipinski definition) is 1. The van der Waals surface area contributed by atoms with Crippen LogP contribution < -0.4 is 5.73 Å². The summed E-state index contributed by atoms with van der Waals surface area (Å²) in [5.41, 5.74) is 7.54. The van der Waals surface area contributed by atoms with Crippen molar-refractivity contribution in [3.05, 3.63) is 29.8 Å². The van der Waals surface area contributed by atoms with Crippen LogP contribution in [0.25, 0.3) is 0 Å². The standard InChI is InChI=1S/C16H26N2O2/c1-3-11-18(16(19)6-5-12-20-4-2)13-14-7-9-15(17)10-8-14/h7-10H,3-6,11-13,17H2,1-2H3. The second-order valence-corrected chi connectivity index (χ2v) is 4.86. The van der Waals surface area contributed by atoms with Gasteiger partial charge >= 0.3 is 0 Å². The molecule has 20 heavy (non-hydrogen) atoms. The van der Waals surface area contributed by atoms with Crippen LogP contribution in [0.3, 0.4) is 0 Å². The third-order valence-electron chi connectivity index (χ3n) is 3.08. The Bertz CT molecular complexity index is 390. The summed E-state index contributed by atoms with van der Waals surface area (Å²) >= 11 is 0. The second-order valence-electron chi connectivity index (χ2n) is 4.86. The van der Waals surface area contributed by atoms with Crippen molar-refractivity contribution in [1.29, 1.82) is 0 Å². The van der Waals surface area contributed by atoms with Crippen LogP contribution in [0.5, 0.6) is 0 Å². The van der Waals surface area contributed by atoms with E-state index in [-0.39, 0.29) is 5.91 Å². The molecule has 1 aromatic carbocycles. The number of nitrogens with two attached hydrogens (primary N) is 1. The van der Waals surface area contributed by atoms with E-state index < -0.39 is 0 Å². The Morgan fingerprint density at radius 1 is 1.25 bits per heavy atom. The van der Waals surface area contributed by atoms with Crippen molar-refractivity contribution in [3.8, 4) is 0 Å². The van der Waals surface area contributed by atoms with Crippen LogP contribution in [-0.4, -0.2) is 30.6 Å². The summed E-state index contributed by atoms with van der Waals surface area (Å²) in [6, 6.07) is 7.70. The highest BCUT2D eigenvalue weighted by molar-refractivity contribution is 5.76. The SMILES string of the molecule is CCCN(Cc1ccc(N)cc1)C(=O)CCCOCC. The molecule has 1 amide bonds. The molecule has 4 nitrogen and oxygen atoms in total. The van der Waals surface area contributed by atoms with Gasteiger partial charge in [0.1, 0.15) is 0 Å². The molecule has 0 fully saturated rings. The summed E-state index contributed by atoms with van der Waals surface area (Å²) in [5, 5.41) is 0. The van der Waals surface area contributed by atoms with Gasteiger partial charge in [0.25, 0.3) is 0 Å². The number of nitrogens with zero attached hydrogens (tertiary/aromatic N) is 1. The molecule has 0 saturated carbocycles. The maximum absolute atomic E-state index is 12.2. The Balaban J connectivity index is 2.50. The van der Waals surface area contributed by atoms with Gasteiger partial charge in [0, 0.05) is 38.4 Å². The van der Waals surface area contributed by atoms with Crippen molar-refractivity contribution in [2.45, 2.75) is 39.7 Å². The normalized spacial score (nSPS) is 10.5. The molecule has 1 aromatic rings. The molecule has 0 atom stereocenters. The lowest BCUT2D eigenvalue weighted by Crippen LogP contribution is -2.31. The van der Waals surface area contributed by atoms with Crippen molar-refractivity contribution in [1.82, 2.24) is 4.90 Å². The number of rotatable bonds is 9. The summed E-state index contributed by atoms with van der Waals surface area (Å²) in [7, 11) is 0. The molecule has 0 aliphatic carbocycles. The zero-order valence-corrected chi connectivity index (χ0v) is 12.6. The van der Waals surface area contributed by atoms with Gasteiger partial charge in [0.05, 0.1) is 0 Å². The largest absolute Gasteiger partial charge is 0.399 e. The summed E-state index contributed by atoms with van der Waals surface area (Å²) in [6.07, 6.45) is 2.30. The minimum atomic E-state index is 0.198. The zero-order valence-electron chi connectivity index (χ0n) is 12.6. The van der Waals surface area contributed by atoms with Crippen molar-refractivity contribution >= 4 is 11.6 Å². The zero-order chi connectivity index (χ0) is 14.8. The summed E-state index contributed by atoms with van der Waals surface area (Å²) in [6.45, 7) is 6.86. The van der Waals surface area contributed by atoms with Crippen LogP contribution >= 0.6 is 0 Å². The minimum Gasteiger partial charge on any atom is -0.399 e. The molecule has 4 heteroatoms. The number of ether oxygens (including phenoxy) is 1. The van der Waals surface area contributed by atoms with Gasteiger partial charge in [0.2, 0.25) is 5.91 Å². The molecule has 1 rings (SSSR count). The van der Waals surface area contributed by atoms with E-state index in [0.29, 0.717) is 26.2 Å². The lowest BCUT2D eigenvalue weighted by molar-refractivity contribution is -0.132. The van der Waals surface area contributed by atoms with Gasteiger partial charge in [-0.2, -0.15) is 0 Å². The number of carbonyl (C=O) groups is 1. The molecule has 0 saturated heterocycles. The number of carbonyl (C=O) groups excluding carboxylic acids is 1. The molecule has 0 aliphatic rings. The first-order valence-electron chi connectivity index (χ1n) is 7.37. The van der Waals surface area contributed by atoms with E-state index in [2.05, 4.69) is 6.92 Å². The molecule has 0 spiro atoms. The Kier molecular flexibility index (Phi) is 7.73. The highest BCUT2D eigenvalue weighted by Gasteiger charge is 2.12. The molecule has 0 radical (unpaired) electrons. The van der Waals surface area contributed by atoms with Crippen molar-refractivity contribution in [3.63, 3.8) is 0 Å². The van der Waals surface area contributed by atoms with Gasteiger partial charge in [-0.1, -0.05) is 19.1 Å². The number of benzene rings is 1. The lowest BCUT2D eigenvalue weighted by Gasteiger charge is -2.22. The number of hydrogen-bond acceptors (Lipinski definition) is 3. The fourth-order valence-electron chi connectivity index (χ4n) is 2.03. The maximum atomic E-state index is 12.2. The fraction of sp³-hybridized carbons (Fsp3) is 0.562. The summed E-state index contributed by atoms with van der Waals surface area (Å²) < 4.78 is 5.27. The molecule has 2 N–H and O–H groups in total. The molecule has 0 aliphatic heterocycles. The van der Waals surface area contributed by atoms with Gasteiger partial charge in [-0.3, -0.25) is 4.79 Å². The lowest BCUT2D eigenvalue weighted by atomic mass is 10.1. The minimum absolute atomic E-state index is 0.198. The Hall–Kier alpha value is -1.55. The Morgan fingerprint density at radius 3 is 2.55 bits per heavy atom. The van der Waals surface area contributed by atoms with Crippen LogP contribution in [-0.2, 0) is 16.1 Å². The first kappa shape index (κ1) is 16.5. The molecule has 0 unspecified atom stereocenters. The average molecular weight is 278 g/mol. The molecular weight excluding hydrogens is 252 g/mol. The predicted octanol–water partition coefficient (Wildman–Crippen LogP) is 2.82. The second kappa shape index (κ2) is 9.37. The van der Waals surface area contributed by atoms with Crippen molar-refractivity contribution in [2.75, 3.05) is 25.5 Å². The molecule has 0 aromatic heterocycles. The predicted molar refractivity (Wildman–Crippen MR) is 82.3 cm³/mol. The van der Waals surface area contributed by atoms with Gasteiger partial charge in [-0.25, -0.2) is 0 Å². The van der Waals surface area contributed by atoms with Gasteiger partial charge in [0.15, 0.2) is 0 Å². The molecule has 0 heterocycles. The number of amides is 1. The van der Waals surface area contributed by atoms with Crippen LogP contribution in [0, 0.1) is 0 Å². The number of anilines is 1. The Morgan fingerprint density at radius 2 is 1.95 bits per heavy atom. The molecule has 0 bridgehead atoms. The van der Waals surface area contributed by atoms with E-state index in [0.717, 1.165) is 30.6 Å².